The highest BCUT2D eigenvalue weighted by molar-refractivity contribution is 7.90. The summed E-state index contributed by atoms with van der Waals surface area (Å²) in [5.41, 5.74) is 0.761. The predicted molar refractivity (Wildman–Crippen MR) is 111 cm³/mol. The lowest BCUT2D eigenvalue weighted by Gasteiger charge is -2.11. The molecule has 3 aromatic rings. The maximum Gasteiger partial charge on any atom is 0.435 e. The maximum atomic E-state index is 13.3. The minimum atomic E-state index is -4.66. The molecule has 11 heteroatoms. The number of aromatic nitrogens is 2. The molecule has 0 atom stereocenters. The third kappa shape index (κ3) is 5.28. The van der Waals surface area contributed by atoms with Crippen LogP contribution in [0.5, 0.6) is 0 Å². The smallest absolute Gasteiger partial charge is 0.435 e. The van der Waals surface area contributed by atoms with Crippen LogP contribution in [0.3, 0.4) is 0 Å². The van der Waals surface area contributed by atoms with Gasteiger partial charge in [0.25, 0.3) is 10.0 Å². The Morgan fingerprint density at radius 2 is 1.66 bits per heavy atom. The van der Waals surface area contributed by atoms with E-state index in [-0.39, 0.29) is 16.3 Å². The van der Waals surface area contributed by atoms with Crippen molar-refractivity contribution in [2.45, 2.75) is 37.9 Å². The Kier molecular flexibility index (Phi) is 6.31. The van der Waals surface area contributed by atoms with Crippen molar-refractivity contribution < 1.29 is 31.1 Å². The van der Waals surface area contributed by atoms with Crippen LogP contribution >= 0.6 is 0 Å². The third-order valence-corrected chi connectivity index (χ3v) is 5.63. The molecule has 0 aliphatic rings. The van der Waals surface area contributed by atoms with Gasteiger partial charge in [-0.05, 0) is 51.1 Å². The largest absolute Gasteiger partial charge is 0.446 e. The van der Waals surface area contributed by atoms with Crippen LogP contribution in [-0.2, 0) is 20.9 Å². The van der Waals surface area contributed by atoms with E-state index < -0.39 is 34.1 Å². The Balaban J connectivity index is 1.98. The van der Waals surface area contributed by atoms with E-state index in [9.17, 15) is 26.4 Å². The highest BCUT2D eigenvalue weighted by Gasteiger charge is 2.35. The van der Waals surface area contributed by atoms with E-state index in [1.165, 1.54) is 12.1 Å². The molecule has 0 fully saturated rings. The van der Waals surface area contributed by atoms with E-state index in [1.807, 2.05) is 6.92 Å². The molecule has 1 amide bonds. The van der Waals surface area contributed by atoms with Crippen molar-refractivity contribution in [1.29, 1.82) is 0 Å². The number of hydrogen-bond donors (Lipinski definition) is 1. The topological polar surface area (TPSA) is 90.3 Å². The number of hydrogen-bond acceptors (Lipinski definition) is 5. The summed E-state index contributed by atoms with van der Waals surface area (Å²) in [4.78, 5) is 11.4. The fraction of sp³-hybridized carbons (Fsp3) is 0.238. The molecule has 7 nitrogen and oxygen atoms in total. The first-order valence-corrected chi connectivity index (χ1v) is 10.9. The highest BCUT2D eigenvalue weighted by atomic mass is 32.2. The van der Waals surface area contributed by atoms with E-state index in [0.717, 1.165) is 28.4 Å². The van der Waals surface area contributed by atoms with Crippen LogP contribution in [0.25, 0.3) is 16.9 Å². The number of ether oxygens (including phenoxy) is 1. The molecular weight excluding hydrogens is 447 g/mol. The van der Waals surface area contributed by atoms with E-state index in [0.29, 0.717) is 5.56 Å². The quantitative estimate of drug-likeness (QED) is 0.588. The standard InChI is InChI=1S/C21H20F3N3O4S/c1-13(2)31-20(28)26-32(29,30)17-10-8-16(9-11-17)27-18(12-19(25-27)21(22,23)24)15-6-4-14(3)5-7-15/h4-13H,1-3H3,(H,26,28). The van der Waals surface area contributed by atoms with Crippen LogP contribution < -0.4 is 4.72 Å². The first-order valence-electron chi connectivity index (χ1n) is 9.45. The van der Waals surface area contributed by atoms with Crippen molar-refractivity contribution in [3.05, 3.63) is 65.9 Å². The maximum absolute atomic E-state index is 13.3. The van der Waals surface area contributed by atoms with Gasteiger partial charge in [-0.25, -0.2) is 22.6 Å². The Hall–Kier alpha value is -3.34. The second kappa shape index (κ2) is 8.65. The molecule has 0 aliphatic carbocycles. The number of aryl methyl sites for hydroxylation is 1. The fourth-order valence-corrected chi connectivity index (χ4v) is 3.70. The van der Waals surface area contributed by atoms with Crippen molar-refractivity contribution in [3.8, 4) is 16.9 Å². The third-order valence-electron chi connectivity index (χ3n) is 4.30. The molecule has 170 valence electrons. The minimum Gasteiger partial charge on any atom is -0.446 e. The second-order valence-corrected chi connectivity index (χ2v) is 8.93. The van der Waals surface area contributed by atoms with E-state index >= 15 is 0 Å². The van der Waals surface area contributed by atoms with Gasteiger partial charge in [0.05, 0.1) is 22.4 Å². The molecule has 0 spiro atoms. The number of rotatable bonds is 5. The van der Waals surface area contributed by atoms with E-state index in [1.54, 1.807) is 42.8 Å². The van der Waals surface area contributed by atoms with Gasteiger partial charge >= 0.3 is 12.3 Å². The van der Waals surface area contributed by atoms with Gasteiger partial charge in [0.2, 0.25) is 0 Å². The van der Waals surface area contributed by atoms with Crippen LogP contribution in [0.2, 0.25) is 0 Å². The highest BCUT2D eigenvalue weighted by Crippen LogP contribution is 2.33. The zero-order valence-electron chi connectivity index (χ0n) is 17.3. The molecule has 1 aromatic heterocycles. The van der Waals surface area contributed by atoms with Crippen LogP contribution in [0.4, 0.5) is 18.0 Å². The van der Waals surface area contributed by atoms with Crippen molar-refractivity contribution in [2.24, 2.45) is 0 Å². The molecule has 0 saturated heterocycles. The number of nitrogens with zero attached hydrogens (tertiary/aromatic N) is 2. The molecule has 0 unspecified atom stereocenters. The van der Waals surface area contributed by atoms with E-state index in [4.69, 9.17) is 4.74 Å². The summed E-state index contributed by atoms with van der Waals surface area (Å²) in [7, 11) is -4.22. The Morgan fingerprint density at radius 3 is 2.19 bits per heavy atom. The second-order valence-electron chi connectivity index (χ2n) is 7.24. The number of sulfonamides is 1. The Labute approximate surface area is 182 Å². The summed E-state index contributed by atoms with van der Waals surface area (Å²) >= 11 is 0. The molecule has 0 saturated carbocycles. The van der Waals surface area contributed by atoms with Gasteiger partial charge in [-0.15, -0.1) is 0 Å². The van der Waals surface area contributed by atoms with Crippen molar-refractivity contribution in [1.82, 2.24) is 14.5 Å². The van der Waals surface area contributed by atoms with Crippen molar-refractivity contribution in [3.63, 3.8) is 0 Å². The van der Waals surface area contributed by atoms with Gasteiger partial charge in [0.15, 0.2) is 5.69 Å². The number of alkyl halides is 3. The number of nitrogens with one attached hydrogen (secondary N) is 1. The number of benzene rings is 2. The van der Waals surface area contributed by atoms with Gasteiger partial charge in [-0.3, -0.25) is 0 Å². The average Bonchev–Trinajstić information content (AvgIpc) is 3.13. The lowest BCUT2D eigenvalue weighted by Crippen LogP contribution is -2.32. The summed E-state index contributed by atoms with van der Waals surface area (Å²) < 4.78 is 72.2. The zero-order chi connectivity index (χ0) is 23.7. The molecule has 3 rings (SSSR count). The van der Waals surface area contributed by atoms with Gasteiger partial charge < -0.3 is 4.74 Å². The SMILES string of the molecule is Cc1ccc(-c2cc(C(F)(F)F)nn2-c2ccc(S(=O)(=O)NC(=O)OC(C)C)cc2)cc1. The summed E-state index contributed by atoms with van der Waals surface area (Å²) in [6.07, 6.45) is -6.31. The number of carbonyl (C=O) groups is 1. The molecule has 0 bridgehead atoms. The van der Waals surface area contributed by atoms with Crippen molar-refractivity contribution in [2.75, 3.05) is 0 Å². The van der Waals surface area contributed by atoms with E-state index in [2.05, 4.69) is 5.10 Å². The lowest BCUT2D eigenvalue weighted by molar-refractivity contribution is -0.141. The van der Waals surface area contributed by atoms with Gasteiger partial charge in [-0.2, -0.15) is 18.3 Å². The number of amides is 1. The Bertz CT molecular complexity index is 1220. The summed E-state index contributed by atoms with van der Waals surface area (Å²) in [6.45, 7) is 4.98. The average molecular weight is 467 g/mol. The fourth-order valence-electron chi connectivity index (χ4n) is 2.82. The minimum absolute atomic E-state index is 0.187. The van der Waals surface area contributed by atoms with Gasteiger partial charge in [0.1, 0.15) is 0 Å². The number of carbonyl (C=O) groups excluding carboxylic acids is 1. The Morgan fingerprint density at radius 1 is 1.06 bits per heavy atom. The summed E-state index contributed by atoms with van der Waals surface area (Å²) in [5.74, 6) is 0. The molecule has 0 aliphatic heterocycles. The first-order chi connectivity index (χ1) is 14.9. The molecular formula is C21H20F3N3O4S. The molecule has 0 radical (unpaired) electrons. The molecule has 1 N–H and O–H groups in total. The van der Waals surface area contributed by atoms with Crippen LogP contribution in [-0.4, -0.2) is 30.4 Å². The predicted octanol–water partition coefficient (Wildman–Crippen LogP) is 4.69. The normalized spacial score (nSPS) is 12.1. The number of halogens is 3. The first kappa shape index (κ1) is 23.3. The molecule has 2 aromatic carbocycles. The van der Waals surface area contributed by atoms with Crippen LogP contribution in [0, 0.1) is 6.92 Å². The lowest BCUT2D eigenvalue weighted by atomic mass is 10.1. The summed E-state index contributed by atoms with van der Waals surface area (Å²) in [5, 5.41) is 3.68. The molecule has 1 heterocycles. The monoisotopic (exact) mass is 467 g/mol. The summed E-state index contributed by atoms with van der Waals surface area (Å²) in [6, 6.07) is 12.7. The van der Waals surface area contributed by atoms with Crippen LogP contribution in [0.1, 0.15) is 25.1 Å². The van der Waals surface area contributed by atoms with Crippen molar-refractivity contribution >= 4 is 16.1 Å². The van der Waals surface area contributed by atoms with Gasteiger partial charge in [0, 0.05) is 5.56 Å². The van der Waals surface area contributed by atoms with Gasteiger partial charge in [-0.1, -0.05) is 29.8 Å². The molecule has 32 heavy (non-hydrogen) atoms. The van der Waals surface area contributed by atoms with Crippen LogP contribution in [0.15, 0.2) is 59.5 Å². The zero-order valence-corrected chi connectivity index (χ0v) is 18.2.